The van der Waals surface area contributed by atoms with Gasteiger partial charge in [0, 0.05) is 24.7 Å². The van der Waals surface area contributed by atoms with Gasteiger partial charge in [-0.25, -0.2) is 5.43 Å². The Labute approximate surface area is 124 Å². The number of hydrogen-bond acceptors (Lipinski definition) is 7. The van der Waals surface area contributed by atoms with Crippen LogP contribution in [0.1, 0.15) is 26.7 Å². The van der Waals surface area contributed by atoms with Gasteiger partial charge in [0.1, 0.15) is 0 Å². The molecule has 0 spiro atoms. The van der Waals surface area contributed by atoms with Crippen molar-refractivity contribution in [3.63, 3.8) is 0 Å². The molecule has 1 heterocycles. The summed E-state index contributed by atoms with van der Waals surface area (Å²) in [6, 6.07) is 0. The molecule has 2 aliphatic rings. The minimum atomic E-state index is 0.471. The minimum absolute atomic E-state index is 0.471. The van der Waals surface area contributed by atoms with E-state index in [4.69, 9.17) is 0 Å². The summed E-state index contributed by atoms with van der Waals surface area (Å²) < 4.78 is 0. The quantitative estimate of drug-likeness (QED) is 0.548. The Kier molecular flexibility index (Phi) is 3.98. The first-order valence-corrected chi connectivity index (χ1v) is 7.53. The summed E-state index contributed by atoms with van der Waals surface area (Å²) in [7, 11) is 0. The van der Waals surface area contributed by atoms with E-state index < -0.39 is 0 Å². The van der Waals surface area contributed by atoms with Crippen molar-refractivity contribution in [1.29, 1.82) is 0 Å². The zero-order chi connectivity index (χ0) is 14.7. The number of rotatable bonds is 6. The second kappa shape index (κ2) is 6.07. The zero-order valence-electron chi connectivity index (χ0n) is 12.4. The molecular weight excluding hydrogens is 266 g/mol. The van der Waals surface area contributed by atoms with Crippen LogP contribution < -0.4 is 16.1 Å². The average Bonchev–Trinajstić information content (AvgIpc) is 2.81. The van der Waals surface area contributed by atoms with E-state index >= 15 is 0 Å². The lowest BCUT2D eigenvalue weighted by Crippen LogP contribution is -2.33. The van der Waals surface area contributed by atoms with Gasteiger partial charge >= 0.3 is 0 Å². The molecule has 1 aromatic rings. The van der Waals surface area contributed by atoms with E-state index in [2.05, 4.69) is 48.3 Å². The molecule has 7 nitrogen and oxygen atoms in total. The standard InChI is InChI=1S/C14H21N7/c1-3-15-12-17-13(16-4-2)19-14(18-12)21-20-11-8-9-6-5-7-10(9)11/h5-6,9-10H,3-4,7-8H2,1-2H3,(H3,15,16,17,18,19,21)/b20-11+. The number of nitrogens with zero attached hydrogens (tertiary/aromatic N) is 4. The maximum atomic E-state index is 4.46. The summed E-state index contributed by atoms with van der Waals surface area (Å²) in [5, 5.41) is 10.7. The molecular formula is C14H21N7. The van der Waals surface area contributed by atoms with E-state index in [1.54, 1.807) is 0 Å². The third-order valence-electron chi connectivity index (χ3n) is 3.77. The van der Waals surface area contributed by atoms with Gasteiger partial charge in [0.2, 0.25) is 17.8 Å². The molecule has 0 saturated heterocycles. The van der Waals surface area contributed by atoms with Crippen LogP contribution in [0, 0.1) is 11.8 Å². The van der Waals surface area contributed by atoms with Gasteiger partial charge in [-0.05, 0) is 32.6 Å². The van der Waals surface area contributed by atoms with Crippen molar-refractivity contribution in [3.05, 3.63) is 12.2 Å². The Morgan fingerprint density at radius 1 is 1.10 bits per heavy atom. The number of anilines is 3. The largest absolute Gasteiger partial charge is 0.354 e. The molecule has 1 aromatic heterocycles. The predicted molar refractivity (Wildman–Crippen MR) is 84.6 cm³/mol. The highest BCUT2D eigenvalue weighted by Gasteiger charge is 2.37. The van der Waals surface area contributed by atoms with Gasteiger partial charge in [-0.3, -0.25) is 0 Å². The van der Waals surface area contributed by atoms with E-state index in [0.717, 1.165) is 25.9 Å². The lowest BCUT2D eigenvalue weighted by molar-refractivity contribution is 0.466. The SMILES string of the molecule is CCNc1nc(NCC)nc(N/N=C2\CC3C=CCC23)n1. The van der Waals surface area contributed by atoms with E-state index in [1.807, 2.05) is 13.8 Å². The molecule has 112 valence electrons. The molecule has 1 saturated carbocycles. The van der Waals surface area contributed by atoms with Crippen LogP contribution in [0.3, 0.4) is 0 Å². The molecule has 0 amide bonds. The number of nitrogens with one attached hydrogen (secondary N) is 3. The first-order chi connectivity index (χ1) is 10.3. The van der Waals surface area contributed by atoms with Gasteiger partial charge in [-0.15, -0.1) is 0 Å². The second-order valence-electron chi connectivity index (χ2n) is 5.22. The van der Waals surface area contributed by atoms with E-state index in [0.29, 0.717) is 29.7 Å². The summed E-state index contributed by atoms with van der Waals surface area (Å²) in [5.74, 6) is 2.86. The molecule has 2 unspecified atom stereocenters. The van der Waals surface area contributed by atoms with Gasteiger partial charge in [0.05, 0.1) is 0 Å². The summed E-state index contributed by atoms with van der Waals surface area (Å²) >= 11 is 0. The highest BCUT2D eigenvalue weighted by atomic mass is 15.4. The van der Waals surface area contributed by atoms with Crippen molar-refractivity contribution in [1.82, 2.24) is 15.0 Å². The van der Waals surface area contributed by atoms with E-state index in [-0.39, 0.29) is 0 Å². The average molecular weight is 287 g/mol. The van der Waals surface area contributed by atoms with Crippen molar-refractivity contribution in [2.75, 3.05) is 29.1 Å². The molecule has 0 bridgehead atoms. The Bertz CT molecular complexity index is 542. The van der Waals surface area contributed by atoms with Crippen LogP contribution in [0.25, 0.3) is 0 Å². The van der Waals surface area contributed by atoms with Gasteiger partial charge in [-0.2, -0.15) is 20.1 Å². The Hall–Kier alpha value is -2.18. The second-order valence-corrected chi connectivity index (χ2v) is 5.22. The van der Waals surface area contributed by atoms with Crippen LogP contribution in [-0.2, 0) is 0 Å². The molecule has 0 aliphatic heterocycles. The molecule has 3 rings (SSSR count). The lowest BCUT2D eigenvalue weighted by atomic mass is 9.74. The third kappa shape index (κ3) is 2.96. The lowest BCUT2D eigenvalue weighted by Gasteiger charge is -2.31. The van der Waals surface area contributed by atoms with Gasteiger partial charge in [0.25, 0.3) is 0 Å². The summed E-state index contributed by atoms with van der Waals surface area (Å²) in [4.78, 5) is 12.9. The van der Waals surface area contributed by atoms with Crippen molar-refractivity contribution < 1.29 is 0 Å². The normalized spacial score (nSPS) is 24.6. The summed E-state index contributed by atoms with van der Waals surface area (Å²) in [6.07, 6.45) is 6.68. The summed E-state index contributed by atoms with van der Waals surface area (Å²) in [5.41, 5.74) is 4.18. The van der Waals surface area contributed by atoms with Crippen molar-refractivity contribution in [2.24, 2.45) is 16.9 Å². The molecule has 2 aliphatic carbocycles. The Morgan fingerprint density at radius 3 is 2.38 bits per heavy atom. The number of allylic oxidation sites excluding steroid dienone is 2. The third-order valence-corrected chi connectivity index (χ3v) is 3.77. The van der Waals surface area contributed by atoms with Crippen molar-refractivity contribution in [3.8, 4) is 0 Å². The van der Waals surface area contributed by atoms with E-state index in [9.17, 15) is 0 Å². The predicted octanol–water partition coefficient (Wildman–Crippen LogP) is 2.10. The molecule has 3 N–H and O–H groups in total. The van der Waals surface area contributed by atoms with E-state index in [1.165, 1.54) is 5.71 Å². The zero-order valence-corrected chi connectivity index (χ0v) is 12.4. The first-order valence-electron chi connectivity index (χ1n) is 7.53. The highest BCUT2D eigenvalue weighted by molar-refractivity contribution is 5.94. The fraction of sp³-hybridized carbons (Fsp3) is 0.571. The monoisotopic (exact) mass is 287 g/mol. The topological polar surface area (TPSA) is 87.1 Å². The van der Waals surface area contributed by atoms with Crippen molar-refractivity contribution >= 4 is 23.6 Å². The number of aromatic nitrogens is 3. The smallest absolute Gasteiger partial charge is 0.250 e. The van der Waals surface area contributed by atoms with Crippen LogP contribution in [0.2, 0.25) is 0 Å². The molecule has 7 heteroatoms. The first kappa shape index (κ1) is 13.8. The molecule has 2 atom stereocenters. The molecule has 0 radical (unpaired) electrons. The van der Waals surface area contributed by atoms with Crippen LogP contribution in [0.4, 0.5) is 17.8 Å². The molecule has 1 fully saturated rings. The highest BCUT2D eigenvalue weighted by Crippen LogP contribution is 2.40. The number of hydrogen-bond donors (Lipinski definition) is 3. The van der Waals surface area contributed by atoms with Crippen LogP contribution in [-0.4, -0.2) is 33.8 Å². The Morgan fingerprint density at radius 2 is 1.76 bits per heavy atom. The van der Waals surface area contributed by atoms with Crippen molar-refractivity contribution in [2.45, 2.75) is 26.7 Å². The summed E-state index contributed by atoms with van der Waals surface area (Å²) in [6.45, 7) is 5.54. The van der Waals surface area contributed by atoms with Crippen LogP contribution >= 0.6 is 0 Å². The molecule has 0 aromatic carbocycles. The van der Waals surface area contributed by atoms with Gasteiger partial charge in [0.15, 0.2) is 0 Å². The van der Waals surface area contributed by atoms with Crippen LogP contribution in [0.15, 0.2) is 17.3 Å². The maximum absolute atomic E-state index is 4.46. The minimum Gasteiger partial charge on any atom is -0.354 e. The fourth-order valence-corrected chi connectivity index (χ4v) is 2.69. The van der Waals surface area contributed by atoms with Crippen LogP contribution in [0.5, 0.6) is 0 Å². The number of hydrazone groups is 1. The molecule has 21 heavy (non-hydrogen) atoms. The Balaban J connectivity index is 1.70. The van der Waals surface area contributed by atoms with Gasteiger partial charge < -0.3 is 10.6 Å². The maximum Gasteiger partial charge on any atom is 0.250 e. The fourth-order valence-electron chi connectivity index (χ4n) is 2.69. The number of fused-ring (bicyclic) bond motifs is 1. The van der Waals surface area contributed by atoms with Gasteiger partial charge in [-0.1, -0.05) is 12.2 Å².